The minimum Gasteiger partial charge on any atom is -0.479 e. The summed E-state index contributed by atoms with van der Waals surface area (Å²) in [4.78, 5) is 20.9. The van der Waals surface area contributed by atoms with Gasteiger partial charge in [0.05, 0.1) is 0 Å². The lowest BCUT2D eigenvalue weighted by Crippen LogP contribution is -2.49. The Morgan fingerprint density at radius 1 is 1.27 bits per heavy atom. The molecule has 0 spiro atoms. The van der Waals surface area contributed by atoms with Crippen molar-refractivity contribution in [3.8, 4) is 0 Å². The van der Waals surface area contributed by atoms with Gasteiger partial charge in [0.2, 0.25) is 0 Å². The molecular weight excluding hydrogens is 208 g/mol. The molecule has 0 saturated carbocycles. The molecule has 3 N–H and O–H groups in total. The van der Waals surface area contributed by atoms with Crippen molar-refractivity contribution < 1.29 is 34.4 Å². The highest BCUT2D eigenvalue weighted by atomic mass is 16.5. The lowest BCUT2D eigenvalue weighted by molar-refractivity contribution is -0.168. The van der Waals surface area contributed by atoms with Crippen LogP contribution < -0.4 is 0 Å². The van der Waals surface area contributed by atoms with E-state index in [1.807, 2.05) is 0 Å². The topological polar surface area (TPSA) is 113 Å². The Hall–Kier alpha value is -1.02. The Bertz CT molecular complexity index is 217. The number of aldehydes is 1. The molecule has 0 radical (unpaired) electrons. The van der Waals surface area contributed by atoms with Crippen LogP contribution in [-0.4, -0.2) is 66.2 Å². The zero-order chi connectivity index (χ0) is 12.0. The number of carbonyl (C=O) groups excluding carboxylic acids is 1. The van der Waals surface area contributed by atoms with Gasteiger partial charge in [0, 0.05) is 14.2 Å². The molecule has 0 unspecified atom stereocenters. The van der Waals surface area contributed by atoms with Crippen molar-refractivity contribution in [3.05, 3.63) is 0 Å². The Morgan fingerprint density at radius 2 is 1.80 bits per heavy atom. The van der Waals surface area contributed by atoms with Gasteiger partial charge in [0.25, 0.3) is 0 Å². The van der Waals surface area contributed by atoms with E-state index in [0.717, 1.165) is 7.11 Å². The Morgan fingerprint density at radius 3 is 2.07 bits per heavy atom. The normalized spacial score (nSPS) is 18.9. The van der Waals surface area contributed by atoms with Gasteiger partial charge < -0.3 is 29.6 Å². The predicted octanol–water partition coefficient (Wildman–Crippen LogP) is -1.98. The van der Waals surface area contributed by atoms with Crippen LogP contribution in [0.15, 0.2) is 0 Å². The van der Waals surface area contributed by atoms with Gasteiger partial charge in [-0.25, -0.2) is 4.79 Å². The summed E-state index contributed by atoms with van der Waals surface area (Å²) in [6.07, 6.45) is -5.81. The monoisotopic (exact) mass is 222 g/mol. The molecule has 0 aliphatic heterocycles. The lowest BCUT2D eigenvalue weighted by Gasteiger charge is -2.26. The van der Waals surface area contributed by atoms with Gasteiger partial charge in [0.15, 0.2) is 12.4 Å². The van der Waals surface area contributed by atoms with Crippen LogP contribution in [0.3, 0.4) is 0 Å². The molecule has 88 valence electrons. The Labute approximate surface area is 86.2 Å². The van der Waals surface area contributed by atoms with Crippen molar-refractivity contribution in [3.63, 3.8) is 0 Å². The largest absolute Gasteiger partial charge is 0.479 e. The SMILES string of the molecule is CO[C@@H]([C@H](O)[C@H](O)C(=O)O)[C@H](C=O)OC. The smallest absolute Gasteiger partial charge is 0.335 e. The molecule has 15 heavy (non-hydrogen) atoms. The number of carboxylic acid groups (broad SMARTS) is 1. The second kappa shape index (κ2) is 6.46. The van der Waals surface area contributed by atoms with E-state index in [1.54, 1.807) is 0 Å². The molecule has 7 heteroatoms. The Kier molecular flexibility index (Phi) is 6.02. The summed E-state index contributed by atoms with van der Waals surface area (Å²) in [7, 11) is 2.36. The number of aliphatic hydroxyl groups is 2. The zero-order valence-electron chi connectivity index (χ0n) is 8.36. The van der Waals surface area contributed by atoms with Gasteiger partial charge in [-0.3, -0.25) is 0 Å². The third-order valence-electron chi connectivity index (χ3n) is 1.92. The van der Waals surface area contributed by atoms with Crippen LogP contribution in [0.25, 0.3) is 0 Å². The summed E-state index contributed by atoms with van der Waals surface area (Å²) in [5.74, 6) is -1.61. The first-order valence-electron chi connectivity index (χ1n) is 4.09. The number of hydrogen-bond donors (Lipinski definition) is 3. The van der Waals surface area contributed by atoms with Gasteiger partial charge in [-0.2, -0.15) is 0 Å². The fourth-order valence-electron chi connectivity index (χ4n) is 1.06. The van der Waals surface area contributed by atoms with Crippen LogP contribution in [0.5, 0.6) is 0 Å². The maximum atomic E-state index is 10.5. The average molecular weight is 222 g/mol. The van der Waals surface area contributed by atoms with Gasteiger partial charge in [-0.05, 0) is 0 Å². The highest BCUT2D eigenvalue weighted by molar-refractivity contribution is 5.73. The molecule has 0 fully saturated rings. The van der Waals surface area contributed by atoms with Gasteiger partial charge in [0.1, 0.15) is 18.3 Å². The molecule has 0 amide bonds. The van der Waals surface area contributed by atoms with E-state index in [1.165, 1.54) is 7.11 Å². The number of aliphatic hydroxyl groups excluding tert-OH is 2. The summed E-state index contributed by atoms with van der Waals surface area (Å²) in [6, 6.07) is 0. The average Bonchev–Trinajstić information content (AvgIpc) is 2.23. The zero-order valence-corrected chi connectivity index (χ0v) is 8.36. The van der Waals surface area contributed by atoms with E-state index in [4.69, 9.17) is 14.9 Å². The minimum atomic E-state index is -2.03. The predicted molar refractivity (Wildman–Crippen MR) is 47.3 cm³/mol. The molecular formula is C8H14O7. The molecule has 0 aromatic heterocycles. The molecule has 0 aliphatic rings. The third kappa shape index (κ3) is 3.56. The number of methoxy groups -OCH3 is 2. The van der Waals surface area contributed by atoms with Crippen LogP contribution >= 0.6 is 0 Å². The first kappa shape index (κ1) is 14.0. The van der Waals surface area contributed by atoms with Crippen LogP contribution in [0.1, 0.15) is 0 Å². The van der Waals surface area contributed by atoms with Crippen molar-refractivity contribution in [2.75, 3.05) is 14.2 Å². The number of hydrogen-bond acceptors (Lipinski definition) is 6. The maximum absolute atomic E-state index is 10.5. The van der Waals surface area contributed by atoms with Crippen LogP contribution in [0.4, 0.5) is 0 Å². The molecule has 7 nitrogen and oxygen atoms in total. The standard InChI is InChI=1S/C8H14O7/c1-14-4(3-9)7(15-2)5(10)6(11)8(12)13/h3-7,10-11H,1-2H3,(H,12,13)/t4-,5+,6-,7+/m0/s1. The quantitative estimate of drug-likeness (QED) is 0.428. The highest BCUT2D eigenvalue weighted by Gasteiger charge is 2.36. The highest BCUT2D eigenvalue weighted by Crippen LogP contribution is 2.10. The number of aliphatic carboxylic acids is 1. The summed E-state index contributed by atoms with van der Waals surface area (Å²) in [5, 5.41) is 26.9. The molecule has 4 atom stereocenters. The molecule has 0 aromatic carbocycles. The molecule has 0 aliphatic carbocycles. The number of carbonyl (C=O) groups is 2. The molecule has 0 bridgehead atoms. The van der Waals surface area contributed by atoms with E-state index in [0.29, 0.717) is 6.29 Å². The summed E-state index contributed by atoms with van der Waals surface area (Å²) < 4.78 is 9.34. The van der Waals surface area contributed by atoms with Crippen molar-refractivity contribution in [2.45, 2.75) is 24.4 Å². The number of rotatable bonds is 7. The van der Waals surface area contributed by atoms with Gasteiger partial charge in [-0.1, -0.05) is 0 Å². The molecule has 0 aromatic rings. The van der Waals surface area contributed by atoms with Crippen molar-refractivity contribution in [2.24, 2.45) is 0 Å². The molecule has 0 saturated heterocycles. The fourth-order valence-corrected chi connectivity index (χ4v) is 1.06. The second-order valence-electron chi connectivity index (χ2n) is 2.81. The van der Waals surface area contributed by atoms with E-state index in [-0.39, 0.29) is 0 Å². The summed E-state index contributed by atoms with van der Waals surface area (Å²) in [6.45, 7) is 0. The van der Waals surface area contributed by atoms with E-state index in [2.05, 4.69) is 4.74 Å². The van der Waals surface area contributed by atoms with Crippen molar-refractivity contribution in [1.29, 1.82) is 0 Å². The molecule has 0 heterocycles. The van der Waals surface area contributed by atoms with Crippen molar-refractivity contribution in [1.82, 2.24) is 0 Å². The number of ether oxygens (including phenoxy) is 2. The van der Waals surface area contributed by atoms with E-state index >= 15 is 0 Å². The van der Waals surface area contributed by atoms with E-state index in [9.17, 15) is 14.7 Å². The number of carboxylic acids is 1. The summed E-state index contributed by atoms with van der Waals surface area (Å²) >= 11 is 0. The van der Waals surface area contributed by atoms with Crippen LogP contribution in [0, 0.1) is 0 Å². The minimum absolute atomic E-state index is 0.353. The first-order chi connectivity index (χ1) is 6.99. The maximum Gasteiger partial charge on any atom is 0.335 e. The van der Waals surface area contributed by atoms with E-state index < -0.39 is 30.4 Å². The summed E-state index contributed by atoms with van der Waals surface area (Å²) in [5.41, 5.74) is 0. The van der Waals surface area contributed by atoms with Crippen LogP contribution in [-0.2, 0) is 19.1 Å². The van der Waals surface area contributed by atoms with Gasteiger partial charge >= 0.3 is 5.97 Å². The van der Waals surface area contributed by atoms with Gasteiger partial charge in [-0.15, -0.1) is 0 Å². The lowest BCUT2D eigenvalue weighted by atomic mass is 10.0. The molecule has 0 rings (SSSR count). The van der Waals surface area contributed by atoms with Crippen LogP contribution in [0.2, 0.25) is 0 Å². The first-order valence-corrected chi connectivity index (χ1v) is 4.09. The third-order valence-corrected chi connectivity index (χ3v) is 1.92. The fraction of sp³-hybridized carbons (Fsp3) is 0.750. The van der Waals surface area contributed by atoms with Crippen molar-refractivity contribution >= 4 is 12.3 Å². The Balaban J connectivity index is 4.64. The second-order valence-corrected chi connectivity index (χ2v) is 2.81.